The topological polar surface area (TPSA) is 90.6 Å². The number of amides is 1. The Morgan fingerprint density at radius 2 is 2.16 bits per heavy atom. The Morgan fingerprint density at radius 3 is 2.97 bits per heavy atom. The summed E-state index contributed by atoms with van der Waals surface area (Å²) in [5, 5.41) is 3.66. The van der Waals surface area contributed by atoms with Gasteiger partial charge in [0.1, 0.15) is 18.1 Å². The fourth-order valence-corrected chi connectivity index (χ4v) is 4.63. The van der Waals surface area contributed by atoms with Gasteiger partial charge in [0, 0.05) is 50.4 Å². The summed E-state index contributed by atoms with van der Waals surface area (Å²) in [5.74, 6) is 0.499. The lowest BCUT2D eigenvalue weighted by molar-refractivity contribution is 0.0957. The van der Waals surface area contributed by atoms with E-state index < -0.39 is 0 Å². The number of anilines is 1. The van der Waals surface area contributed by atoms with E-state index in [9.17, 15) is 9.59 Å². The molecule has 2 aromatic heterocycles. The Morgan fingerprint density at radius 1 is 1.28 bits per heavy atom. The first-order chi connectivity index (χ1) is 15.6. The molecule has 0 saturated carbocycles. The zero-order chi connectivity index (χ0) is 22.2. The van der Waals surface area contributed by atoms with E-state index >= 15 is 0 Å². The lowest BCUT2D eigenvalue weighted by Crippen LogP contribution is -2.57. The molecule has 3 aromatic rings. The third-order valence-electron chi connectivity index (χ3n) is 6.39. The summed E-state index contributed by atoms with van der Waals surface area (Å²) in [6, 6.07) is 10.2. The van der Waals surface area contributed by atoms with Gasteiger partial charge in [-0.3, -0.25) is 14.5 Å². The minimum Gasteiger partial charge on any atom is -0.489 e. The second-order valence-electron chi connectivity index (χ2n) is 8.41. The number of aromatic nitrogens is 2. The SMILES string of the molecule is CCc1cc2ccc(CN3CCN4c5cnc(C(=O)NC)cc5OCC4C3)cc2[nH]c1=O. The molecule has 0 bridgehead atoms. The second-order valence-corrected chi connectivity index (χ2v) is 8.41. The van der Waals surface area contributed by atoms with Crippen molar-refractivity contribution in [2.24, 2.45) is 0 Å². The predicted octanol–water partition coefficient (Wildman–Crippen LogP) is 1.93. The molecule has 32 heavy (non-hydrogen) atoms. The van der Waals surface area contributed by atoms with Gasteiger partial charge in [-0.25, -0.2) is 4.98 Å². The van der Waals surface area contributed by atoms with E-state index in [-0.39, 0.29) is 17.5 Å². The number of nitrogens with zero attached hydrogens (tertiary/aromatic N) is 3. The molecule has 0 spiro atoms. The largest absolute Gasteiger partial charge is 0.489 e. The summed E-state index contributed by atoms with van der Waals surface area (Å²) in [6.07, 6.45) is 2.47. The number of hydrogen-bond donors (Lipinski definition) is 2. The van der Waals surface area contributed by atoms with Crippen molar-refractivity contribution in [2.45, 2.75) is 25.9 Å². The van der Waals surface area contributed by atoms with E-state index in [0.29, 0.717) is 18.1 Å². The highest BCUT2D eigenvalue weighted by molar-refractivity contribution is 5.93. The Bertz CT molecular complexity index is 1240. The predicted molar refractivity (Wildman–Crippen MR) is 123 cm³/mol. The van der Waals surface area contributed by atoms with Gasteiger partial charge in [-0.15, -0.1) is 0 Å². The van der Waals surface area contributed by atoms with Crippen LogP contribution in [0.15, 0.2) is 41.3 Å². The van der Waals surface area contributed by atoms with Crippen molar-refractivity contribution in [3.63, 3.8) is 0 Å². The van der Waals surface area contributed by atoms with Gasteiger partial charge >= 0.3 is 0 Å². The number of ether oxygens (including phenoxy) is 1. The quantitative estimate of drug-likeness (QED) is 0.654. The number of carbonyl (C=O) groups is 1. The average molecular weight is 434 g/mol. The summed E-state index contributed by atoms with van der Waals surface area (Å²) in [6.45, 7) is 6.04. The van der Waals surface area contributed by atoms with Crippen molar-refractivity contribution < 1.29 is 9.53 Å². The number of rotatable bonds is 4. The number of benzene rings is 1. The summed E-state index contributed by atoms with van der Waals surface area (Å²) in [7, 11) is 1.59. The number of H-pyrrole nitrogens is 1. The summed E-state index contributed by atoms with van der Waals surface area (Å²) >= 11 is 0. The third-order valence-corrected chi connectivity index (χ3v) is 6.39. The van der Waals surface area contributed by atoms with Gasteiger partial charge in [0.25, 0.3) is 11.5 Å². The molecular weight excluding hydrogens is 406 g/mol. The molecule has 2 N–H and O–H groups in total. The van der Waals surface area contributed by atoms with Gasteiger partial charge in [0.15, 0.2) is 0 Å². The lowest BCUT2D eigenvalue weighted by Gasteiger charge is -2.45. The van der Waals surface area contributed by atoms with Crippen LogP contribution in [0.3, 0.4) is 0 Å². The molecule has 4 heterocycles. The van der Waals surface area contributed by atoms with Gasteiger partial charge in [0.05, 0.1) is 17.9 Å². The van der Waals surface area contributed by atoms with E-state index in [0.717, 1.165) is 54.8 Å². The van der Waals surface area contributed by atoms with Crippen LogP contribution in [-0.2, 0) is 13.0 Å². The van der Waals surface area contributed by atoms with E-state index in [1.807, 2.05) is 13.0 Å². The number of piperazine rings is 1. The van der Waals surface area contributed by atoms with Crippen molar-refractivity contribution >= 4 is 22.5 Å². The molecule has 1 fully saturated rings. The minimum atomic E-state index is -0.217. The van der Waals surface area contributed by atoms with Crippen LogP contribution in [0, 0.1) is 0 Å². The van der Waals surface area contributed by atoms with Gasteiger partial charge < -0.3 is 19.9 Å². The summed E-state index contributed by atoms with van der Waals surface area (Å²) < 4.78 is 5.99. The Balaban J connectivity index is 1.30. The van der Waals surface area contributed by atoms with Crippen molar-refractivity contribution in [2.75, 3.05) is 38.2 Å². The number of fused-ring (bicyclic) bond motifs is 4. The van der Waals surface area contributed by atoms with Crippen LogP contribution in [0.25, 0.3) is 10.9 Å². The number of nitrogens with one attached hydrogen (secondary N) is 2. The number of hydrogen-bond acceptors (Lipinski definition) is 6. The molecule has 0 aliphatic carbocycles. The highest BCUT2D eigenvalue weighted by atomic mass is 16.5. The van der Waals surface area contributed by atoms with Crippen molar-refractivity contribution in [3.05, 3.63) is 63.7 Å². The minimum absolute atomic E-state index is 0.00281. The van der Waals surface area contributed by atoms with Crippen LogP contribution in [0.4, 0.5) is 5.69 Å². The Hall–Kier alpha value is -3.39. The number of carbonyl (C=O) groups excluding carboxylic acids is 1. The first-order valence-corrected chi connectivity index (χ1v) is 11.0. The molecule has 5 rings (SSSR count). The molecule has 0 radical (unpaired) electrons. The molecule has 1 saturated heterocycles. The average Bonchev–Trinajstić information content (AvgIpc) is 2.82. The van der Waals surface area contributed by atoms with Crippen LogP contribution >= 0.6 is 0 Å². The molecule has 8 heteroatoms. The fourth-order valence-electron chi connectivity index (χ4n) is 4.63. The standard InChI is InChI=1S/C24H27N5O3/c1-3-16-9-17-5-4-15(8-19(17)27-23(16)30)12-28-6-7-29-18(13-28)14-32-22-10-20(24(31)25-2)26-11-21(22)29/h4-5,8-11,18H,3,6-7,12-14H2,1-2H3,(H,25,31)(H,27,30). The Kier molecular flexibility index (Phi) is 5.30. The molecule has 2 aliphatic heterocycles. The van der Waals surface area contributed by atoms with Crippen molar-refractivity contribution in [1.82, 2.24) is 20.2 Å². The molecular formula is C24H27N5O3. The van der Waals surface area contributed by atoms with Crippen LogP contribution in [-0.4, -0.2) is 60.1 Å². The van der Waals surface area contributed by atoms with E-state index in [1.165, 1.54) is 5.56 Å². The molecule has 1 atom stereocenters. The van der Waals surface area contributed by atoms with Crippen LogP contribution in [0.5, 0.6) is 5.75 Å². The number of aromatic amines is 1. The first kappa shape index (κ1) is 20.5. The van der Waals surface area contributed by atoms with E-state index in [4.69, 9.17) is 4.74 Å². The fraction of sp³-hybridized carbons (Fsp3) is 0.375. The molecule has 8 nitrogen and oxygen atoms in total. The van der Waals surface area contributed by atoms with Gasteiger partial charge in [-0.2, -0.15) is 0 Å². The zero-order valence-electron chi connectivity index (χ0n) is 18.4. The van der Waals surface area contributed by atoms with Crippen molar-refractivity contribution in [1.29, 1.82) is 0 Å². The van der Waals surface area contributed by atoms with Crippen LogP contribution in [0.1, 0.15) is 28.5 Å². The van der Waals surface area contributed by atoms with Crippen LogP contribution < -0.4 is 20.5 Å². The number of pyridine rings is 2. The summed E-state index contributed by atoms with van der Waals surface area (Å²) in [4.78, 5) is 36.1. The molecule has 1 aromatic carbocycles. The smallest absolute Gasteiger partial charge is 0.269 e. The van der Waals surface area contributed by atoms with E-state index in [1.54, 1.807) is 19.3 Å². The van der Waals surface area contributed by atoms with Gasteiger partial charge in [-0.05, 0) is 29.5 Å². The van der Waals surface area contributed by atoms with Crippen LogP contribution in [0.2, 0.25) is 0 Å². The number of aryl methyl sites for hydroxylation is 1. The first-order valence-electron chi connectivity index (χ1n) is 11.0. The van der Waals surface area contributed by atoms with Gasteiger partial charge in [0.2, 0.25) is 0 Å². The maximum Gasteiger partial charge on any atom is 0.269 e. The lowest BCUT2D eigenvalue weighted by atomic mass is 10.1. The second kappa shape index (κ2) is 8.27. The molecule has 1 unspecified atom stereocenters. The highest BCUT2D eigenvalue weighted by Gasteiger charge is 2.33. The third kappa shape index (κ3) is 3.71. The zero-order valence-corrected chi connectivity index (χ0v) is 18.4. The maximum atomic E-state index is 12.2. The highest BCUT2D eigenvalue weighted by Crippen LogP contribution is 2.35. The molecule has 2 aliphatic rings. The molecule has 166 valence electrons. The summed E-state index contributed by atoms with van der Waals surface area (Å²) in [5.41, 5.74) is 4.19. The van der Waals surface area contributed by atoms with E-state index in [2.05, 4.69) is 43.3 Å². The van der Waals surface area contributed by atoms with Crippen molar-refractivity contribution in [3.8, 4) is 5.75 Å². The Labute approximate surface area is 186 Å². The normalized spacial score (nSPS) is 18.1. The maximum absolute atomic E-state index is 12.2. The molecule has 1 amide bonds. The monoisotopic (exact) mass is 433 g/mol. The van der Waals surface area contributed by atoms with Gasteiger partial charge in [-0.1, -0.05) is 19.1 Å².